The number of rotatable bonds is 9. The van der Waals surface area contributed by atoms with Gasteiger partial charge in [0.1, 0.15) is 0 Å². The van der Waals surface area contributed by atoms with Crippen LogP contribution in [0, 0.1) is 19.8 Å². The molecule has 1 amide bonds. The highest BCUT2D eigenvalue weighted by Crippen LogP contribution is 2.28. The number of methoxy groups -OCH3 is 1. The van der Waals surface area contributed by atoms with Crippen molar-refractivity contribution >= 4 is 17.8 Å². The number of nitrogens with one attached hydrogen (secondary N) is 1. The number of hydrogen-bond acceptors (Lipinski definition) is 5. The van der Waals surface area contributed by atoms with Crippen molar-refractivity contribution < 1.29 is 19.1 Å². The number of carbonyl (C=O) groups is 1. The van der Waals surface area contributed by atoms with E-state index in [1.54, 1.807) is 13.2 Å². The SMILES string of the molecule is COc1cc(/C=N\OCC(=O)Nc2cc(C)cc(C)c2)ccc1OCC(C)C. The molecule has 0 fully saturated rings. The molecule has 0 saturated carbocycles. The third-order valence-electron chi connectivity index (χ3n) is 3.74. The highest BCUT2D eigenvalue weighted by molar-refractivity contribution is 5.92. The number of anilines is 1. The lowest BCUT2D eigenvalue weighted by Crippen LogP contribution is -2.17. The minimum Gasteiger partial charge on any atom is -0.493 e. The average molecular weight is 384 g/mol. The number of hydrogen-bond donors (Lipinski definition) is 1. The van der Waals surface area contributed by atoms with E-state index in [4.69, 9.17) is 14.3 Å². The Balaban J connectivity index is 1.87. The molecule has 0 radical (unpaired) electrons. The largest absolute Gasteiger partial charge is 0.493 e. The molecular formula is C22H28N2O4. The fourth-order valence-corrected chi connectivity index (χ4v) is 2.58. The molecule has 0 saturated heterocycles. The number of nitrogens with zero attached hydrogens (tertiary/aromatic N) is 1. The zero-order valence-corrected chi connectivity index (χ0v) is 17.1. The summed E-state index contributed by atoms with van der Waals surface area (Å²) >= 11 is 0. The van der Waals surface area contributed by atoms with Crippen molar-refractivity contribution in [1.82, 2.24) is 0 Å². The number of ether oxygens (including phenoxy) is 2. The van der Waals surface area contributed by atoms with Gasteiger partial charge in [0.25, 0.3) is 5.91 Å². The molecule has 0 aromatic heterocycles. The quantitative estimate of drug-likeness (QED) is 0.516. The van der Waals surface area contributed by atoms with Crippen LogP contribution in [-0.4, -0.2) is 32.4 Å². The lowest BCUT2D eigenvalue weighted by molar-refractivity contribution is -0.120. The van der Waals surface area contributed by atoms with Crippen molar-refractivity contribution in [3.8, 4) is 11.5 Å². The lowest BCUT2D eigenvalue weighted by atomic mass is 10.1. The number of amides is 1. The van der Waals surface area contributed by atoms with E-state index in [9.17, 15) is 4.79 Å². The second-order valence-electron chi connectivity index (χ2n) is 7.05. The van der Waals surface area contributed by atoms with Crippen molar-refractivity contribution in [3.05, 3.63) is 53.1 Å². The van der Waals surface area contributed by atoms with E-state index in [0.717, 1.165) is 22.4 Å². The van der Waals surface area contributed by atoms with Gasteiger partial charge in [0.2, 0.25) is 0 Å². The maximum absolute atomic E-state index is 12.0. The minimum absolute atomic E-state index is 0.170. The Morgan fingerprint density at radius 3 is 2.46 bits per heavy atom. The van der Waals surface area contributed by atoms with Crippen LogP contribution in [0.1, 0.15) is 30.5 Å². The molecule has 0 unspecified atom stereocenters. The average Bonchev–Trinajstić information content (AvgIpc) is 2.63. The van der Waals surface area contributed by atoms with Gasteiger partial charge in [-0.05, 0) is 61.2 Å². The first-order chi connectivity index (χ1) is 13.4. The molecule has 150 valence electrons. The smallest absolute Gasteiger partial charge is 0.265 e. The van der Waals surface area contributed by atoms with Gasteiger partial charge in [0.05, 0.1) is 19.9 Å². The fourth-order valence-electron chi connectivity index (χ4n) is 2.58. The molecule has 0 bridgehead atoms. The summed E-state index contributed by atoms with van der Waals surface area (Å²) in [6.45, 7) is 8.58. The molecule has 0 aliphatic heterocycles. The second kappa shape index (κ2) is 10.3. The van der Waals surface area contributed by atoms with Gasteiger partial charge in [0.15, 0.2) is 18.1 Å². The molecule has 0 atom stereocenters. The van der Waals surface area contributed by atoms with Crippen LogP contribution in [0.4, 0.5) is 5.69 Å². The van der Waals surface area contributed by atoms with Crippen LogP contribution in [0.3, 0.4) is 0 Å². The standard InChI is InChI=1S/C22H28N2O4/c1-15(2)13-27-20-7-6-18(11-21(20)26-5)12-23-28-14-22(25)24-19-9-16(3)8-17(4)10-19/h6-12,15H,13-14H2,1-5H3,(H,24,25)/b23-12-. The third-order valence-corrected chi connectivity index (χ3v) is 3.74. The fraction of sp³-hybridized carbons (Fsp3) is 0.364. The van der Waals surface area contributed by atoms with Gasteiger partial charge in [-0.3, -0.25) is 4.79 Å². The van der Waals surface area contributed by atoms with Crippen molar-refractivity contribution in [2.24, 2.45) is 11.1 Å². The second-order valence-corrected chi connectivity index (χ2v) is 7.05. The molecular weight excluding hydrogens is 356 g/mol. The summed E-state index contributed by atoms with van der Waals surface area (Å²) in [6.07, 6.45) is 1.53. The summed E-state index contributed by atoms with van der Waals surface area (Å²) in [5, 5.41) is 6.65. The summed E-state index contributed by atoms with van der Waals surface area (Å²) in [6, 6.07) is 11.3. The highest BCUT2D eigenvalue weighted by atomic mass is 16.6. The van der Waals surface area contributed by atoms with E-state index >= 15 is 0 Å². The van der Waals surface area contributed by atoms with Gasteiger partial charge >= 0.3 is 0 Å². The van der Waals surface area contributed by atoms with Crippen LogP contribution in [0.5, 0.6) is 11.5 Å². The van der Waals surface area contributed by atoms with Crippen LogP contribution in [0.25, 0.3) is 0 Å². The van der Waals surface area contributed by atoms with Crippen molar-refractivity contribution in [2.45, 2.75) is 27.7 Å². The zero-order valence-electron chi connectivity index (χ0n) is 17.1. The van der Waals surface area contributed by atoms with Crippen molar-refractivity contribution in [3.63, 3.8) is 0 Å². The lowest BCUT2D eigenvalue weighted by Gasteiger charge is -2.12. The van der Waals surface area contributed by atoms with E-state index in [1.165, 1.54) is 6.21 Å². The molecule has 2 aromatic rings. The monoisotopic (exact) mass is 384 g/mol. The Hall–Kier alpha value is -3.02. The summed E-state index contributed by atoms with van der Waals surface area (Å²) < 4.78 is 11.1. The Kier molecular flexibility index (Phi) is 7.87. The van der Waals surface area contributed by atoms with Gasteiger partial charge in [-0.25, -0.2) is 0 Å². The van der Waals surface area contributed by atoms with Crippen LogP contribution in [0.2, 0.25) is 0 Å². The van der Waals surface area contributed by atoms with Gasteiger partial charge in [-0.2, -0.15) is 0 Å². The van der Waals surface area contributed by atoms with Crippen LogP contribution in [-0.2, 0) is 9.63 Å². The predicted octanol–water partition coefficient (Wildman–Crippen LogP) is 4.34. The number of aryl methyl sites for hydroxylation is 2. The predicted molar refractivity (Wildman–Crippen MR) is 111 cm³/mol. The summed E-state index contributed by atoms with van der Waals surface area (Å²) in [5.74, 6) is 1.46. The molecule has 28 heavy (non-hydrogen) atoms. The number of benzene rings is 2. The summed E-state index contributed by atoms with van der Waals surface area (Å²) in [4.78, 5) is 17.1. The van der Waals surface area contributed by atoms with E-state index in [1.807, 2.05) is 44.2 Å². The van der Waals surface area contributed by atoms with Gasteiger partial charge in [0, 0.05) is 11.3 Å². The maximum Gasteiger partial charge on any atom is 0.265 e. The minimum atomic E-state index is -0.267. The molecule has 6 nitrogen and oxygen atoms in total. The Bertz CT molecular complexity index is 811. The molecule has 2 aromatic carbocycles. The van der Waals surface area contributed by atoms with Gasteiger partial charge < -0.3 is 19.6 Å². The molecule has 0 spiro atoms. The van der Waals surface area contributed by atoms with Crippen molar-refractivity contribution in [2.75, 3.05) is 25.6 Å². The molecule has 2 rings (SSSR count). The Morgan fingerprint density at radius 2 is 1.82 bits per heavy atom. The summed E-state index contributed by atoms with van der Waals surface area (Å²) in [5.41, 5.74) is 3.70. The molecule has 1 N–H and O–H groups in total. The Labute approximate surface area is 166 Å². The van der Waals surface area contributed by atoms with Crippen molar-refractivity contribution in [1.29, 1.82) is 0 Å². The first-order valence-electron chi connectivity index (χ1n) is 9.21. The number of carbonyl (C=O) groups excluding carboxylic acids is 1. The molecule has 0 aliphatic carbocycles. The normalized spacial score (nSPS) is 10.9. The maximum atomic E-state index is 12.0. The van der Waals surface area contributed by atoms with Crippen LogP contribution in [0.15, 0.2) is 41.6 Å². The molecule has 6 heteroatoms. The topological polar surface area (TPSA) is 69.2 Å². The zero-order chi connectivity index (χ0) is 20.5. The van der Waals surface area contributed by atoms with Crippen LogP contribution < -0.4 is 14.8 Å². The molecule has 0 aliphatic rings. The Morgan fingerprint density at radius 1 is 1.11 bits per heavy atom. The van der Waals surface area contributed by atoms with Gasteiger partial charge in [-0.15, -0.1) is 0 Å². The van der Waals surface area contributed by atoms with E-state index in [2.05, 4.69) is 24.3 Å². The molecule has 0 heterocycles. The van der Waals surface area contributed by atoms with Gasteiger partial charge in [-0.1, -0.05) is 25.1 Å². The van der Waals surface area contributed by atoms with E-state index in [-0.39, 0.29) is 12.5 Å². The van der Waals surface area contributed by atoms with Crippen LogP contribution >= 0.6 is 0 Å². The third kappa shape index (κ3) is 6.95. The first kappa shape index (κ1) is 21.3. The highest BCUT2D eigenvalue weighted by Gasteiger charge is 2.07. The number of oxime groups is 1. The first-order valence-corrected chi connectivity index (χ1v) is 9.21. The van der Waals surface area contributed by atoms with E-state index < -0.39 is 0 Å². The summed E-state index contributed by atoms with van der Waals surface area (Å²) in [7, 11) is 1.59. The van der Waals surface area contributed by atoms with E-state index in [0.29, 0.717) is 24.0 Å².